The molecule has 1 aliphatic rings. The lowest BCUT2D eigenvalue weighted by molar-refractivity contribution is -0.138. The van der Waals surface area contributed by atoms with Crippen LogP contribution >= 0.6 is 39.3 Å². The molecule has 31 heavy (non-hydrogen) atoms. The molecule has 166 valence electrons. The van der Waals surface area contributed by atoms with Gasteiger partial charge in [0.25, 0.3) is 0 Å². The van der Waals surface area contributed by atoms with Gasteiger partial charge in [-0.05, 0) is 55.2 Å². The van der Waals surface area contributed by atoms with E-state index in [4.69, 9.17) is 11.6 Å². The van der Waals surface area contributed by atoms with Gasteiger partial charge in [0.05, 0.1) is 5.75 Å². The number of hydrogen-bond donors (Lipinski definition) is 1. The molecule has 2 aromatic carbocycles. The molecule has 2 amide bonds. The van der Waals surface area contributed by atoms with Crippen molar-refractivity contribution in [3.05, 3.63) is 69.2 Å². The van der Waals surface area contributed by atoms with E-state index in [1.165, 1.54) is 0 Å². The van der Waals surface area contributed by atoms with Crippen molar-refractivity contribution in [2.75, 3.05) is 5.75 Å². The van der Waals surface area contributed by atoms with Crippen LogP contribution in [0.15, 0.2) is 53.0 Å². The first-order valence-electron chi connectivity index (χ1n) is 10.6. The highest BCUT2D eigenvalue weighted by molar-refractivity contribution is 9.10. The van der Waals surface area contributed by atoms with E-state index >= 15 is 0 Å². The number of rotatable bonds is 9. The number of nitrogens with zero attached hydrogens (tertiary/aromatic N) is 1. The Balaban J connectivity index is 1.65. The maximum Gasteiger partial charge on any atom is 0.242 e. The van der Waals surface area contributed by atoms with E-state index in [1.807, 2.05) is 55.5 Å². The fourth-order valence-corrected chi connectivity index (χ4v) is 5.17. The maximum atomic E-state index is 13.2. The summed E-state index contributed by atoms with van der Waals surface area (Å²) in [5, 5.41) is 3.84. The molecule has 1 fully saturated rings. The zero-order valence-electron chi connectivity index (χ0n) is 17.7. The van der Waals surface area contributed by atoms with Crippen LogP contribution in [-0.4, -0.2) is 34.6 Å². The van der Waals surface area contributed by atoms with E-state index in [9.17, 15) is 9.59 Å². The molecule has 1 atom stereocenters. The van der Waals surface area contributed by atoms with E-state index in [-0.39, 0.29) is 17.9 Å². The van der Waals surface area contributed by atoms with E-state index in [0.29, 0.717) is 17.3 Å². The molecule has 0 spiro atoms. The predicted octanol–water partition coefficient (Wildman–Crippen LogP) is 5.81. The number of halogens is 2. The Morgan fingerprint density at radius 2 is 1.87 bits per heavy atom. The number of hydrogen-bond acceptors (Lipinski definition) is 3. The van der Waals surface area contributed by atoms with Crippen LogP contribution in [0.25, 0.3) is 0 Å². The first-order chi connectivity index (χ1) is 14.9. The van der Waals surface area contributed by atoms with Gasteiger partial charge in [-0.3, -0.25) is 9.59 Å². The molecule has 0 bridgehead atoms. The third kappa shape index (κ3) is 7.55. The topological polar surface area (TPSA) is 49.4 Å². The van der Waals surface area contributed by atoms with E-state index in [1.54, 1.807) is 16.7 Å². The SMILES string of the molecule is CC(C(=O)NC1CCCC1)N(Cc1cccc(Br)c1)C(=O)CSCc1ccc(Cl)cc1. The Morgan fingerprint density at radius 3 is 2.55 bits per heavy atom. The second kappa shape index (κ2) is 11.9. The van der Waals surface area contributed by atoms with Crippen molar-refractivity contribution in [2.24, 2.45) is 0 Å². The summed E-state index contributed by atoms with van der Waals surface area (Å²) in [6.45, 7) is 2.23. The standard InChI is InChI=1S/C24H28BrClN2O2S/c1-17(24(30)27-22-7-2-3-8-22)28(14-19-5-4-6-20(25)13-19)23(29)16-31-15-18-9-11-21(26)12-10-18/h4-6,9-13,17,22H,2-3,7-8,14-16H2,1H3,(H,27,30). The van der Waals surface area contributed by atoms with Crippen LogP contribution in [0.4, 0.5) is 0 Å². The normalized spacial score (nSPS) is 14.9. The molecule has 0 heterocycles. The summed E-state index contributed by atoms with van der Waals surface area (Å²) in [4.78, 5) is 27.7. The molecule has 3 rings (SSSR count). The fraction of sp³-hybridized carbons (Fsp3) is 0.417. The highest BCUT2D eigenvalue weighted by atomic mass is 79.9. The van der Waals surface area contributed by atoms with Crippen LogP contribution in [0.3, 0.4) is 0 Å². The second-order valence-electron chi connectivity index (χ2n) is 7.94. The summed E-state index contributed by atoms with van der Waals surface area (Å²) < 4.78 is 0.956. The number of thioether (sulfide) groups is 1. The van der Waals surface area contributed by atoms with Crippen molar-refractivity contribution in [2.45, 2.75) is 57.0 Å². The van der Waals surface area contributed by atoms with E-state index < -0.39 is 6.04 Å². The number of carbonyl (C=O) groups is 2. The average molecular weight is 524 g/mol. The van der Waals surface area contributed by atoms with Gasteiger partial charge in [-0.1, -0.05) is 64.6 Å². The Kier molecular flexibility index (Phi) is 9.30. The molecule has 7 heteroatoms. The van der Waals surface area contributed by atoms with Crippen molar-refractivity contribution in [1.29, 1.82) is 0 Å². The number of carbonyl (C=O) groups excluding carboxylic acids is 2. The van der Waals surface area contributed by atoms with Crippen molar-refractivity contribution < 1.29 is 9.59 Å². The van der Waals surface area contributed by atoms with Gasteiger partial charge >= 0.3 is 0 Å². The van der Waals surface area contributed by atoms with Crippen molar-refractivity contribution in [3.63, 3.8) is 0 Å². The molecule has 0 aromatic heterocycles. The second-order valence-corrected chi connectivity index (χ2v) is 10.3. The highest BCUT2D eigenvalue weighted by Gasteiger charge is 2.28. The average Bonchev–Trinajstić information content (AvgIpc) is 3.26. The van der Waals surface area contributed by atoms with Crippen LogP contribution in [0.5, 0.6) is 0 Å². The van der Waals surface area contributed by atoms with Gasteiger partial charge in [0.1, 0.15) is 6.04 Å². The quantitative estimate of drug-likeness (QED) is 0.451. The number of amides is 2. The van der Waals surface area contributed by atoms with Gasteiger partial charge in [-0.15, -0.1) is 11.8 Å². The molecule has 0 saturated heterocycles. The Bertz CT molecular complexity index is 887. The zero-order chi connectivity index (χ0) is 22.2. The fourth-order valence-electron chi connectivity index (χ4n) is 3.73. The minimum absolute atomic E-state index is 0.0342. The van der Waals surface area contributed by atoms with Gasteiger partial charge in [-0.2, -0.15) is 0 Å². The van der Waals surface area contributed by atoms with Gasteiger partial charge in [0, 0.05) is 27.8 Å². The van der Waals surface area contributed by atoms with Gasteiger partial charge in [0.2, 0.25) is 11.8 Å². The summed E-state index contributed by atoms with van der Waals surface area (Å²) in [6.07, 6.45) is 4.35. The Hall–Kier alpha value is -1.50. The lowest BCUT2D eigenvalue weighted by Gasteiger charge is -2.29. The largest absolute Gasteiger partial charge is 0.352 e. The molecule has 4 nitrogen and oxygen atoms in total. The van der Waals surface area contributed by atoms with Gasteiger partial charge in [0.15, 0.2) is 0 Å². The first kappa shape index (κ1) is 24.1. The predicted molar refractivity (Wildman–Crippen MR) is 132 cm³/mol. The summed E-state index contributed by atoms with van der Waals surface area (Å²) >= 11 is 11.0. The van der Waals surface area contributed by atoms with E-state index in [2.05, 4.69) is 21.2 Å². The van der Waals surface area contributed by atoms with Crippen LogP contribution in [0.1, 0.15) is 43.7 Å². The lowest BCUT2D eigenvalue weighted by Crippen LogP contribution is -2.50. The monoisotopic (exact) mass is 522 g/mol. The van der Waals surface area contributed by atoms with Crippen molar-refractivity contribution in [1.82, 2.24) is 10.2 Å². The Labute approximate surface area is 202 Å². The Morgan fingerprint density at radius 1 is 1.16 bits per heavy atom. The number of benzene rings is 2. The van der Waals surface area contributed by atoms with Crippen LogP contribution in [0.2, 0.25) is 5.02 Å². The molecule has 2 aromatic rings. The van der Waals surface area contributed by atoms with Crippen LogP contribution < -0.4 is 5.32 Å². The van der Waals surface area contributed by atoms with Crippen LogP contribution in [0, 0.1) is 0 Å². The molecule has 1 aliphatic carbocycles. The minimum atomic E-state index is -0.525. The minimum Gasteiger partial charge on any atom is -0.352 e. The summed E-state index contributed by atoms with van der Waals surface area (Å²) in [5.74, 6) is 0.930. The van der Waals surface area contributed by atoms with E-state index in [0.717, 1.165) is 47.0 Å². The third-order valence-corrected chi connectivity index (χ3v) is 7.25. The van der Waals surface area contributed by atoms with Crippen molar-refractivity contribution >= 4 is 51.1 Å². The molecular formula is C24H28BrClN2O2S. The zero-order valence-corrected chi connectivity index (χ0v) is 20.8. The highest BCUT2D eigenvalue weighted by Crippen LogP contribution is 2.21. The molecule has 1 N–H and O–H groups in total. The van der Waals surface area contributed by atoms with Gasteiger partial charge < -0.3 is 10.2 Å². The van der Waals surface area contributed by atoms with Gasteiger partial charge in [-0.25, -0.2) is 0 Å². The summed E-state index contributed by atoms with van der Waals surface area (Å²) in [5.41, 5.74) is 2.11. The first-order valence-corrected chi connectivity index (χ1v) is 12.9. The third-order valence-electron chi connectivity index (χ3n) is 5.52. The van der Waals surface area contributed by atoms with Crippen LogP contribution in [-0.2, 0) is 21.9 Å². The molecular weight excluding hydrogens is 496 g/mol. The summed E-state index contributed by atoms with van der Waals surface area (Å²) in [6, 6.07) is 15.2. The summed E-state index contributed by atoms with van der Waals surface area (Å²) in [7, 11) is 0. The maximum absolute atomic E-state index is 13.2. The molecule has 0 radical (unpaired) electrons. The molecule has 0 aliphatic heterocycles. The molecule has 1 saturated carbocycles. The molecule has 1 unspecified atom stereocenters. The van der Waals surface area contributed by atoms with Crippen molar-refractivity contribution in [3.8, 4) is 0 Å². The lowest BCUT2D eigenvalue weighted by atomic mass is 10.1. The number of nitrogens with one attached hydrogen (secondary N) is 1. The smallest absolute Gasteiger partial charge is 0.242 e.